The zero-order valence-corrected chi connectivity index (χ0v) is 27.3. The predicted molar refractivity (Wildman–Crippen MR) is 193 cm³/mol. The zero-order chi connectivity index (χ0) is 33.6. The van der Waals surface area contributed by atoms with Crippen LogP contribution in [0.15, 0.2) is 115 Å². The summed E-state index contributed by atoms with van der Waals surface area (Å²) in [6.45, 7) is 1.42. The number of benzene rings is 4. The first-order valence-corrected chi connectivity index (χ1v) is 16.3. The maximum Gasteiger partial charge on any atom is 0.254 e. The number of aromatic nitrogens is 2. The standard InChI is InChI=1S/C39H37FN6OS/c40-33-7-3-1-5-31(33)24-45(23-28-11-9-27(22-41)10-12-28)39(47)30-18-19-35-34(21-30)44-37(46(35)25-32-6-2-4-8-36(32)48)20-15-26-13-16-29(17-14-26)38(42)43/h1-7,9-14,16-19,21H,8,15,20,22-25,41H2,(H3,42,43). The number of carbonyl (C=O) groups is 1. The number of hydrogen-bond acceptors (Lipinski definition) is 5. The van der Waals surface area contributed by atoms with Gasteiger partial charge in [0.2, 0.25) is 0 Å². The molecule has 4 aromatic carbocycles. The van der Waals surface area contributed by atoms with Gasteiger partial charge in [-0.05, 0) is 52.9 Å². The van der Waals surface area contributed by atoms with Crippen molar-refractivity contribution in [3.8, 4) is 0 Å². The van der Waals surface area contributed by atoms with E-state index in [-0.39, 0.29) is 24.1 Å². The molecule has 0 fully saturated rings. The molecule has 5 aromatic rings. The van der Waals surface area contributed by atoms with E-state index in [4.69, 9.17) is 34.1 Å². The molecule has 0 saturated heterocycles. The van der Waals surface area contributed by atoms with E-state index < -0.39 is 0 Å². The van der Waals surface area contributed by atoms with E-state index in [2.05, 4.69) is 16.7 Å². The Morgan fingerprint density at radius 3 is 2.33 bits per heavy atom. The van der Waals surface area contributed by atoms with Crippen LogP contribution >= 0.6 is 12.2 Å². The number of fused-ring (bicyclic) bond motifs is 1. The summed E-state index contributed by atoms with van der Waals surface area (Å²) in [6.07, 6.45) is 8.27. The van der Waals surface area contributed by atoms with E-state index in [1.807, 2.05) is 72.8 Å². The summed E-state index contributed by atoms with van der Waals surface area (Å²) in [5.74, 6) is 0.350. The number of aryl methyl sites for hydroxylation is 2. The van der Waals surface area contributed by atoms with Crippen molar-refractivity contribution in [2.45, 2.75) is 45.4 Å². The summed E-state index contributed by atoms with van der Waals surface area (Å²) in [5, 5.41) is 7.68. The number of allylic oxidation sites excluding steroid dienone is 4. The molecule has 0 bridgehead atoms. The van der Waals surface area contributed by atoms with Crippen LogP contribution in [0.25, 0.3) is 11.0 Å². The van der Waals surface area contributed by atoms with Gasteiger partial charge < -0.3 is 20.9 Å². The Kier molecular flexibility index (Phi) is 9.99. The van der Waals surface area contributed by atoms with Crippen LogP contribution in [0.4, 0.5) is 4.39 Å². The molecule has 0 unspecified atom stereocenters. The fourth-order valence-corrected chi connectivity index (χ4v) is 6.13. The van der Waals surface area contributed by atoms with Crippen LogP contribution in [0.2, 0.25) is 0 Å². The van der Waals surface area contributed by atoms with E-state index in [0.717, 1.165) is 51.3 Å². The first kappa shape index (κ1) is 32.7. The van der Waals surface area contributed by atoms with Crippen molar-refractivity contribution in [2.75, 3.05) is 0 Å². The lowest BCUT2D eigenvalue weighted by Crippen LogP contribution is -2.30. The summed E-state index contributed by atoms with van der Waals surface area (Å²) >= 11 is 5.69. The van der Waals surface area contributed by atoms with Gasteiger partial charge in [-0.1, -0.05) is 97.2 Å². The summed E-state index contributed by atoms with van der Waals surface area (Å²) in [7, 11) is 0. The van der Waals surface area contributed by atoms with Gasteiger partial charge in [-0.15, -0.1) is 0 Å². The van der Waals surface area contributed by atoms with Gasteiger partial charge in [-0.2, -0.15) is 0 Å². The van der Waals surface area contributed by atoms with Crippen molar-refractivity contribution in [3.63, 3.8) is 0 Å². The number of hydrogen-bond donors (Lipinski definition) is 3. The quantitative estimate of drug-likeness (QED) is 0.0777. The highest BCUT2D eigenvalue weighted by Crippen LogP contribution is 2.25. The molecule has 0 spiro atoms. The number of nitrogens with one attached hydrogen (secondary N) is 1. The lowest BCUT2D eigenvalue weighted by Gasteiger charge is -2.24. The van der Waals surface area contributed by atoms with Gasteiger partial charge in [-0.25, -0.2) is 9.37 Å². The topological polar surface area (TPSA) is 114 Å². The molecule has 7 nitrogen and oxygen atoms in total. The lowest BCUT2D eigenvalue weighted by molar-refractivity contribution is 0.0728. The molecule has 0 atom stereocenters. The second-order valence-electron chi connectivity index (χ2n) is 11.9. The Bertz CT molecular complexity index is 2050. The Morgan fingerprint density at radius 2 is 1.62 bits per heavy atom. The van der Waals surface area contributed by atoms with Gasteiger partial charge >= 0.3 is 0 Å². The molecule has 9 heteroatoms. The van der Waals surface area contributed by atoms with Crippen LogP contribution in [-0.4, -0.2) is 31.1 Å². The molecular weight excluding hydrogens is 620 g/mol. The van der Waals surface area contributed by atoms with Crippen LogP contribution in [-0.2, 0) is 39.0 Å². The number of carbonyl (C=O) groups excluding carboxylic acids is 1. The molecular formula is C39H37FN6OS. The Hall–Kier alpha value is -5.25. The number of amides is 1. The molecule has 0 radical (unpaired) electrons. The fraction of sp³-hybridized carbons (Fsp3) is 0.179. The average Bonchev–Trinajstić information content (AvgIpc) is 3.45. The number of thiocarbonyl (C=S) groups is 1. The average molecular weight is 657 g/mol. The van der Waals surface area contributed by atoms with E-state index in [1.165, 1.54) is 6.07 Å². The molecule has 0 aliphatic heterocycles. The minimum Gasteiger partial charge on any atom is -0.384 e. The summed E-state index contributed by atoms with van der Waals surface area (Å²) < 4.78 is 17.0. The second-order valence-corrected chi connectivity index (χ2v) is 12.4. The van der Waals surface area contributed by atoms with Crippen molar-refractivity contribution in [1.29, 1.82) is 5.41 Å². The van der Waals surface area contributed by atoms with Crippen LogP contribution in [0.1, 0.15) is 50.4 Å². The predicted octanol–water partition coefficient (Wildman–Crippen LogP) is 6.80. The minimum absolute atomic E-state index is 0.0384. The maximum absolute atomic E-state index is 14.8. The van der Waals surface area contributed by atoms with Crippen LogP contribution in [0.3, 0.4) is 0 Å². The van der Waals surface area contributed by atoms with Crippen molar-refractivity contribution >= 4 is 39.9 Å². The SMILES string of the molecule is N=C(N)c1ccc(CCc2nc3cc(C(=O)N(Cc4ccc(CN)cc4)Cc4ccccc4F)ccc3n2CC2=CC=CCC2=S)cc1. The Labute approximate surface area is 284 Å². The number of nitrogens with two attached hydrogens (primary N) is 2. The summed E-state index contributed by atoms with van der Waals surface area (Å²) in [5.41, 5.74) is 18.7. The highest BCUT2D eigenvalue weighted by molar-refractivity contribution is 7.80. The highest BCUT2D eigenvalue weighted by Gasteiger charge is 2.21. The van der Waals surface area contributed by atoms with Gasteiger partial charge in [0.15, 0.2) is 0 Å². The molecule has 1 aliphatic rings. The second kappa shape index (κ2) is 14.7. The number of halogens is 1. The Balaban J connectivity index is 1.33. The summed E-state index contributed by atoms with van der Waals surface area (Å²) in [6, 6.07) is 27.6. The lowest BCUT2D eigenvalue weighted by atomic mass is 10.0. The van der Waals surface area contributed by atoms with Crippen molar-refractivity contribution in [1.82, 2.24) is 14.5 Å². The third kappa shape index (κ3) is 7.48. The van der Waals surface area contributed by atoms with E-state index >= 15 is 0 Å². The summed E-state index contributed by atoms with van der Waals surface area (Å²) in [4.78, 5) is 21.8. The van der Waals surface area contributed by atoms with Gasteiger partial charge in [0.05, 0.1) is 17.6 Å². The van der Waals surface area contributed by atoms with Crippen molar-refractivity contribution < 1.29 is 9.18 Å². The smallest absolute Gasteiger partial charge is 0.254 e. The van der Waals surface area contributed by atoms with Gasteiger partial charge in [0, 0.05) is 54.0 Å². The largest absolute Gasteiger partial charge is 0.384 e. The van der Waals surface area contributed by atoms with Gasteiger partial charge in [-0.3, -0.25) is 10.2 Å². The first-order chi connectivity index (χ1) is 23.3. The molecule has 242 valence electrons. The number of nitrogens with zero attached hydrogens (tertiary/aromatic N) is 3. The third-order valence-electron chi connectivity index (χ3n) is 8.64. The normalized spacial score (nSPS) is 12.7. The van der Waals surface area contributed by atoms with E-state index in [9.17, 15) is 9.18 Å². The zero-order valence-electron chi connectivity index (χ0n) is 26.5. The van der Waals surface area contributed by atoms with Gasteiger partial charge in [0.1, 0.15) is 17.5 Å². The number of nitrogen functional groups attached to an aromatic ring is 1. The fourth-order valence-electron chi connectivity index (χ4n) is 5.90. The molecule has 1 aliphatic carbocycles. The third-order valence-corrected chi connectivity index (χ3v) is 9.07. The van der Waals surface area contributed by atoms with Gasteiger partial charge in [0.25, 0.3) is 5.91 Å². The molecule has 48 heavy (non-hydrogen) atoms. The number of rotatable bonds is 12. The molecule has 0 saturated carbocycles. The molecule has 6 rings (SSSR count). The highest BCUT2D eigenvalue weighted by atomic mass is 32.1. The first-order valence-electron chi connectivity index (χ1n) is 15.9. The van der Waals surface area contributed by atoms with Crippen LogP contribution in [0.5, 0.6) is 0 Å². The molecule has 1 heterocycles. The van der Waals surface area contributed by atoms with Crippen LogP contribution in [0, 0.1) is 11.2 Å². The maximum atomic E-state index is 14.8. The van der Waals surface area contributed by atoms with E-state index in [1.54, 1.807) is 23.1 Å². The minimum atomic E-state index is -0.353. The van der Waals surface area contributed by atoms with Crippen LogP contribution < -0.4 is 11.5 Å². The molecule has 1 aromatic heterocycles. The van der Waals surface area contributed by atoms with Crippen molar-refractivity contribution in [3.05, 3.63) is 160 Å². The van der Waals surface area contributed by atoms with E-state index in [0.29, 0.717) is 48.3 Å². The number of amidine groups is 1. The number of imidazole rings is 1. The monoisotopic (exact) mass is 656 g/mol. The molecule has 5 N–H and O–H groups in total. The van der Waals surface area contributed by atoms with Crippen molar-refractivity contribution in [2.24, 2.45) is 11.5 Å². The molecule has 1 amide bonds. The Morgan fingerprint density at radius 1 is 0.917 bits per heavy atom.